The van der Waals surface area contributed by atoms with Crippen LogP contribution in [0.5, 0.6) is 17.4 Å². The first-order valence-corrected chi connectivity index (χ1v) is 7.50. The van der Waals surface area contributed by atoms with Crippen molar-refractivity contribution in [2.75, 3.05) is 20.0 Å². The van der Waals surface area contributed by atoms with Crippen molar-refractivity contribution < 1.29 is 27.4 Å². The van der Waals surface area contributed by atoms with Crippen molar-refractivity contribution in [3.05, 3.63) is 29.8 Å². The molecule has 0 atom stereocenters. The zero-order valence-corrected chi connectivity index (χ0v) is 14.7. The van der Waals surface area contributed by atoms with Crippen LogP contribution in [-0.4, -0.2) is 25.6 Å². The maximum Gasteiger partial charge on any atom is 0.573 e. The van der Waals surface area contributed by atoms with Gasteiger partial charge in [0.15, 0.2) is 0 Å². The fraction of sp³-hybridized carbons (Fsp3) is 0.353. The Hall–Kier alpha value is -2.64. The zero-order valence-electron chi connectivity index (χ0n) is 14.7. The number of halogens is 3. The molecule has 0 amide bonds. The average Bonchev–Trinajstić information content (AvgIpc) is 2.56. The summed E-state index contributed by atoms with van der Waals surface area (Å²) in [5, 5.41) is 0. The number of hydrogen-bond acceptors (Lipinski definition) is 5. The summed E-state index contributed by atoms with van der Waals surface area (Å²) in [5.74, 6) is 0.0376. The third-order valence-electron chi connectivity index (χ3n) is 3.06. The minimum Gasteiger partial charge on any atom is -0.496 e. The van der Waals surface area contributed by atoms with E-state index in [2.05, 4.69) is 9.72 Å². The van der Waals surface area contributed by atoms with Gasteiger partial charge in [0.05, 0.1) is 25.6 Å². The van der Waals surface area contributed by atoms with Gasteiger partial charge in [0.25, 0.3) is 0 Å². The van der Waals surface area contributed by atoms with E-state index in [4.69, 9.17) is 15.2 Å². The zero-order chi connectivity index (χ0) is 19.2. The Balaban J connectivity index is 0.00000151. The summed E-state index contributed by atoms with van der Waals surface area (Å²) in [6.07, 6.45) is -4.77. The normalized spacial score (nSPS) is 10.6. The lowest BCUT2D eigenvalue weighted by molar-refractivity contribution is -0.274. The lowest BCUT2D eigenvalue weighted by Crippen LogP contribution is -2.17. The average molecular weight is 358 g/mol. The van der Waals surface area contributed by atoms with Crippen LogP contribution >= 0.6 is 0 Å². The van der Waals surface area contributed by atoms with Crippen LogP contribution in [-0.2, 0) is 0 Å². The number of hydrogen-bond donors (Lipinski definition) is 1. The number of aromatic nitrogens is 1. The molecule has 0 spiro atoms. The maximum absolute atomic E-state index is 12.3. The molecule has 0 radical (unpaired) electrons. The summed E-state index contributed by atoms with van der Waals surface area (Å²) in [6.45, 7) is 5.78. The van der Waals surface area contributed by atoms with Crippen molar-refractivity contribution in [2.24, 2.45) is 0 Å². The van der Waals surface area contributed by atoms with Gasteiger partial charge in [-0.05, 0) is 30.7 Å². The van der Waals surface area contributed by atoms with Crippen LogP contribution in [0.1, 0.15) is 19.4 Å². The lowest BCUT2D eigenvalue weighted by atomic mass is 10.0. The van der Waals surface area contributed by atoms with Crippen molar-refractivity contribution in [2.45, 2.75) is 27.1 Å². The van der Waals surface area contributed by atoms with Gasteiger partial charge < -0.3 is 19.9 Å². The molecule has 25 heavy (non-hydrogen) atoms. The van der Waals surface area contributed by atoms with Crippen LogP contribution in [0.4, 0.5) is 18.9 Å². The second-order valence-electron chi connectivity index (χ2n) is 4.66. The predicted molar refractivity (Wildman–Crippen MR) is 90.0 cm³/mol. The van der Waals surface area contributed by atoms with E-state index in [1.807, 2.05) is 13.8 Å². The Bertz CT molecular complexity index is 719. The number of alkyl halides is 3. The second-order valence-corrected chi connectivity index (χ2v) is 4.66. The summed E-state index contributed by atoms with van der Waals surface area (Å²) >= 11 is 0. The van der Waals surface area contributed by atoms with Gasteiger partial charge >= 0.3 is 6.36 Å². The molecule has 0 bridgehead atoms. The lowest BCUT2D eigenvalue weighted by Gasteiger charge is -2.15. The molecule has 0 saturated carbocycles. The Morgan fingerprint density at radius 1 is 1.04 bits per heavy atom. The molecule has 8 heteroatoms. The third-order valence-corrected chi connectivity index (χ3v) is 3.06. The highest BCUT2D eigenvalue weighted by Gasteiger charge is 2.31. The van der Waals surface area contributed by atoms with Gasteiger partial charge in [-0.1, -0.05) is 13.8 Å². The number of benzene rings is 1. The summed E-state index contributed by atoms with van der Waals surface area (Å²) < 4.78 is 51.0. The minimum absolute atomic E-state index is 0.189. The minimum atomic E-state index is -4.77. The predicted octanol–water partition coefficient (Wildman–Crippen LogP) is 4.58. The Kier molecular flexibility index (Phi) is 6.90. The molecule has 0 aliphatic rings. The van der Waals surface area contributed by atoms with Gasteiger partial charge in [0.1, 0.15) is 11.5 Å². The summed E-state index contributed by atoms with van der Waals surface area (Å²) in [7, 11) is 2.77. The molecule has 1 aromatic heterocycles. The fourth-order valence-corrected chi connectivity index (χ4v) is 2.12. The largest absolute Gasteiger partial charge is 0.573 e. The molecule has 0 unspecified atom stereocenters. The van der Waals surface area contributed by atoms with E-state index in [9.17, 15) is 13.2 Å². The van der Waals surface area contributed by atoms with Gasteiger partial charge in [-0.25, -0.2) is 4.98 Å². The monoisotopic (exact) mass is 358 g/mol. The number of methoxy groups -OCH3 is 2. The van der Waals surface area contributed by atoms with Crippen molar-refractivity contribution in [3.63, 3.8) is 0 Å². The topological polar surface area (TPSA) is 66.6 Å². The van der Waals surface area contributed by atoms with Crippen LogP contribution in [0.25, 0.3) is 11.3 Å². The van der Waals surface area contributed by atoms with Gasteiger partial charge in [-0.3, -0.25) is 0 Å². The van der Waals surface area contributed by atoms with E-state index in [-0.39, 0.29) is 17.4 Å². The van der Waals surface area contributed by atoms with E-state index >= 15 is 0 Å². The van der Waals surface area contributed by atoms with Crippen molar-refractivity contribution in [3.8, 4) is 28.6 Å². The van der Waals surface area contributed by atoms with E-state index in [1.54, 1.807) is 13.0 Å². The van der Waals surface area contributed by atoms with Gasteiger partial charge in [-0.2, -0.15) is 0 Å². The number of anilines is 1. The van der Waals surface area contributed by atoms with E-state index in [0.717, 1.165) is 11.6 Å². The third kappa shape index (κ3) is 5.17. The first-order valence-electron chi connectivity index (χ1n) is 7.50. The molecular weight excluding hydrogens is 337 g/mol. The van der Waals surface area contributed by atoms with E-state index in [1.165, 1.54) is 26.4 Å². The van der Waals surface area contributed by atoms with Crippen LogP contribution in [0.15, 0.2) is 24.3 Å². The number of aryl methyl sites for hydroxylation is 1. The number of nitrogens with zero attached hydrogens (tertiary/aromatic N) is 1. The highest BCUT2D eigenvalue weighted by molar-refractivity contribution is 5.73. The molecule has 0 saturated heterocycles. The number of nitrogens with two attached hydrogens (primary N) is 1. The SMILES string of the molecule is CC.COc1cc(OC(F)(F)F)ccc1-c1nc(OC)c(N)cc1C. The molecule has 0 aliphatic heterocycles. The van der Waals surface area contributed by atoms with Gasteiger partial charge in [-0.15, -0.1) is 13.2 Å². The standard InChI is InChI=1S/C15H15F3N2O3.C2H6/c1-8-6-11(19)14(22-3)20-13(8)10-5-4-9(7-12(10)21-2)23-15(16,17)18;1-2/h4-7H,19H2,1-3H3;1-2H3. The molecule has 0 aliphatic carbocycles. The van der Waals surface area contributed by atoms with Gasteiger partial charge in [0, 0.05) is 11.6 Å². The second kappa shape index (κ2) is 8.46. The van der Waals surface area contributed by atoms with Crippen LogP contribution in [0.2, 0.25) is 0 Å². The van der Waals surface area contributed by atoms with Crippen LogP contribution in [0.3, 0.4) is 0 Å². The molecule has 1 heterocycles. The molecule has 138 valence electrons. The number of rotatable bonds is 4. The first kappa shape index (κ1) is 20.4. The van der Waals surface area contributed by atoms with Crippen LogP contribution < -0.4 is 19.9 Å². The van der Waals surface area contributed by atoms with Crippen LogP contribution in [0, 0.1) is 6.92 Å². The van der Waals surface area contributed by atoms with Crippen molar-refractivity contribution in [1.82, 2.24) is 4.98 Å². The van der Waals surface area contributed by atoms with Crippen molar-refractivity contribution >= 4 is 5.69 Å². The number of nitrogen functional groups attached to an aromatic ring is 1. The number of ether oxygens (including phenoxy) is 3. The molecule has 2 aromatic rings. The Labute approximate surface area is 144 Å². The summed E-state index contributed by atoms with van der Waals surface area (Å²) in [6, 6.07) is 5.44. The molecular formula is C17H21F3N2O3. The van der Waals surface area contributed by atoms with E-state index < -0.39 is 6.36 Å². The molecule has 1 aromatic carbocycles. The maximum atomic E-state index is 12.3. The highest BCUT2D eigenvalue weighted by Crippen LogP contribution is 2.37. The number of pyridine rings is 1. The summed E-state index contributed by atoms with van der Waals surface area (Å²) in [5.41, 5.74) is 7.86. The fourth-order valence-electron chi connectivity index (χ4n) is 2.12. The first-order chi connectivity index (χ1) is 11.7. The van der Waals surface area contributed by atoms with Crippen molar-refractivity contribution in [1.29, 1.82) is 0 Å². The quantitative estimate of drug-likeness (QED) is 0.866. The smallest absolute Gasteiger partial charge is 0.496 e. The van der Waals surface area contributed by atoms with E-state index in [0.29, 0.717) is 16.9 Å². The Morgan fingerprint density at radius 3 is 2.20 bits per heavy atom. The molecule has 2 N–H and O–H groups in total. The van der Waals surface area contributed by atoms with Gasteiger partial charge in [0.2, 0.25) is 5.88 Å². The molecule has 5 nitrogen and oxygen atoms in total. The molecule has 0 fully saturated rings. The summed E-state index contributed by atoms with van der Waals surface area (Å²) in [4.78, 5) is 4.28. The highest BCUT2D eigenvalue weighted by atomic mass is 19.4. The Morgan fingerprint density at radius 2 is 1.68 bits per heavy atom. The molecule has 2 rings (SSSR count).